The molecule has 2 aromatic rings. The minimum atomic E-state index is -0.910. The Balaban J connectivity index is 2.22. The molecule has 20 heavy (non-hydrogen) atoms. The minimum Gasteiger partial charge on any atom is -0.367 e. The van der Waals surface area contributed by atoms with Crippen LogP contribution >= 0.6 is 11.6 Å². The molecule has 0 bridgehead atoms. The fraction of sp³-hybridized carbons (Fsp3) is 0.188. The van der Waals surface area contributed by atoms with E-state index in [4.69, 9.17) is 11.6 Å². The van der Waals surface area contributed by atoms with Crippen molar-refractivity contribution >= 4 is 17.3 Å². The van der Waals surface area contributed by atoms with Crippen LogP contribution in [0, 0.1) is 17.1 Å². The van der Waals surface area contributed by atoms with Gasteiger partial charge in [0.1, 0.15) is 11.4 Å². The Labute approximate surface area is 122 Å². The van der Waals surface area contributed by atoms with Crippen molar-refractivity contribution in [3.05, 3.63) is 64.9 Å². The van der Waals surface area contributed by atoms with Crippen LogP contribution in [0.25, 0.3) is 0 Å². The zero-order chi connectivity index (χ0) is 14.6. The lowest BCUT2D eigenvalue weighted by Crippen LogP contribution is -2.35. The van der Waals surface area contributed by atoms with Crippen molar-refractivity contribution in [2.24, 2.45) is 0 Å². The van der Waals surface area contributed by atoms with Gasteiger partial charge in [-0.05, 0) is 36.8 Å². The van der Waals surface area contributed by atoms with Crippen LogP contribution in [0.4, 0.5) is 10.1 Å². The van der Waals surface area contributed by atoms with E-state index in [1.54, 1.807) is 43.3 Å². The van der Waals surface area contributed by atoms with Crippen LogP contribution in [0.5, 0.6) is 0 Å². The van der Waals surface area contributed by atoms with Gasteiger partial charge in [0.15, 0.2) is 0 Å². The van der Waals surface area contributed by atoms with E-state index in [1.807, 2.05) is 6.07 Å². The van der Waals surface area contributed by atoms with Gasteiger partial charge >= 0.3 is 0 Å². The highest BCUT2D eigenvalue weighted by atomic mass is 35.5. The zero-order valence-electron chi connectivity index (χ0n) is 11.0. The monoisotopic (exact) mass is 288 g/mol. The third kappa shape index (κ3) is 3.49. The highest BCUT2D eigenvalue weighted by Crippen LogP contribution is 2.23. The quantitative estimate of drug-likeness (QED) is 0.904. The highest BCUT2D eigenvalue weighted by molar-refractivity contribution is 6.30. The summed E-state index contributed by atoms with van der Waals surface area (Å²) < 4.78 is 13.7. The van der Waals surface area contributed by atoms with E-state index in [9.17, 15) is 9.65 Å². The average Bonchev–Trinajstić information content (AvgIpc) is 2.41. The predicted molar refractivity (Wildman–Crippen MR) is 79.2 cm³/mol. The molecule has 1 N–H and O–H groups in total. The number of benzene rings is 2. The van der Waals surface area contributed by atoms with Crippen molar-refractivity contribution in [2.75, 3.05) is 5.32 Å². The molecule has 0 aliphatic rings. The smallest absolute Gasteiger partial charge is 0.126 e. The Kier molecular flexibility index (Phi) is 4.26. The standard InChI is InChI=1S/C16H14ClFN2/c1-16(11-19,10-12-5-2-3-8-15(12)18)20-14-7-4-6-13(17)9-14/h2-9,20H,10H2,1H3. The van der Waals surface area contributed by atoms with E-state index in [0.29, 0.717) is 10.6 Å². The molecule has 4 heteroatoms. The predicted octanol–water partition coefficient (Wildman–Crippen LogP) is 4.42. The Morgan fingerprint density at radius 1 is 1.25 bits per heavy atom. The van der Waals surface area contributed by atoms with Gasteiger partial charge in [0.25, 0.3) is 0 Å². The maximum Gasteiger partial charge on any atom is 0.126 e. The Morgan fingerprint density at radius 2 is 2.00 bits per heavy atom. The molecule has 0 spiro atoms. The first-order chi connectivity index (χ1) is 9.52. The van der Waals surface area contributed by atoms with Crippen LogP contribution in [0.15, 0.2) is 48.5 Å². The molecular formula is C16H14ClFN2. The van der Waals surface area contributed by atoms with Gasteiger partial charge in [0, 0.05) is 17.1 Å². The van der Waals surface area contributed by atoms with Gasteiger partial charge in [-0.15, -0.1) is 0 Å². The van der Waals surface area contributed by atoms with E-state index < -0.39 is 5.54 Å². The molecule has 0 amide bonds. The first-order valence-corrected chi connectivity index (χ1v) is 6.59. The number of anilines is 1. The summed E-state index contributed by atoms with van der Waals surface area (Å²) in [7, 11) is 0. The largest absolute Gasteiger partial charge is 0.367 e. The van der Waals surface area contributed by atoms with E-state index in [1.165, 1.54) is 6.07 Å². The number of nitrogens with zero attached hydrogens (tertiary/aromatic N) is 1. The number of hydrogen-bond acceptors (Lipinski definition) is 2. The summed E-state index contributed by atoms with van der Waals surface area (Å²) in [5, 5.41) is 13.1. The van der Waals surface area contributed by atoms with Crippen molar-refractivity contribution in [2.45, 2.75) is 18.9 Å². The molecule has 0 radical (unpaired) electrons. The van der Waals surface area contributed by atoms with E-state index in [0.717, 1.165) is 5.69 Å². The van der Waals surface area contributed by atoms with E-state index in [2.05, 4.69) is 11.4 Å². The highest BCUT2D eigenvalue weighted by Gasteiger charge is 2.25. The van der Waals surface area contributed by atoms with Gasteiger partial charge in [0.05, 0.1) is 6.07 Å². The summed E-state index contributed by atoms with van der Waals surface area (Å²) in [6, 6.07) is 15.8. The number of hydrogen-bond donors (Lipinski definition) is 1. The molecule has 2 nitrogen and oxygen atoms in total. The number of nitriles is 1. The van der Waals surface area contributed by atoms with E-state index >= 15 is 0 Å². The molecule has 1 unspecified atom stereocenters. The average molecular weight is 289 g/mol. The van der Waals surface area contributed by atoms with Gasteiger partial charge in [-0.2, -0.15) is 5.26 Å². The fourth-order valence-electron chi connectivity index (χ4n) is 2.02. The normalized spacial score (nSPS) is 13.3. The second kappa shape index (κ2) is 5.94. The van der Waals surface area contributed by atoms with Gasteiger partial charge in [-0.1, -0.05) is 35.9 Å². The Bertz CT molecular complexity index is 651. The van der Waals surface area contributed by atoms with Crippen LogP contribution in [-0.4, -0.2) is 5.54 Å². The topological polar surface area (TPSA) is 35.8 Å². The molecule has 2 aromatic carbocycles. The van der Waals surface area contributed by atoms with Crippen LogP contribution in [-0.2, 0) is 6.42 Å². The zero-order valence-corrected chi connectivity index (χ0v) is 11.8. The lowest BCUT2D eigenvalue weighted by atomic mass is 9.93. The second-order valence-electron chi connectivity index (χ2n) is 4.85. The lowest BCUT2D eigenvalue weighted by Gasteiger charge is -2.25. The van der Waals surface area contributed by atoms with Crippen LogP contribution in [0.2, 0.25) is 5.02 Å². The van der Waals surface area contributed by atoms with Gasteiger partial charge < -0.3 is 5.32 Å². The van der Waals surface area contributed by atoms with Crippen molar-refractivity contribution in [3.63, 3.8) is 0 Å². The van der Waals surface area contributed by atoms with Crippen molar-refractivity contribution < 1.29 is 4.39 Å². The molecule has 0 aromatic heterocycles. The summed E-state index contributed by atoms with van der Waals surface area (Å²) in [6.45, 7) is 1.74. The molecule has 102 valence electrons. The van der Waals surface area contributed by atoms with Crippen LogP contribution in [0.3, 0.4) is 0 Å². The molecule has 0 saturated carbocycles. The number of rotatable bonds is 4. The molecule has 0 fully saturated rings. The lowest BCUT2D eigenvalue weighted by molar-refractivity contribution is 0.575. The molecular weight excluding hydrogens is 275 g/mol. The third-order valence-corrected chi connectivity index (χ3v) is 3.23. The fourth-order valence-corrected chi connectivity index (χ4v) is 2.21. The molecule has 2 rings (SSSR count). The molecule has 0 heterocycles. The SMILES string of the molecule is CC(C#N)(Cc1ccccc1F)Nc1cccc(Cl)c1. The Hall–Kier alpha value is -2.05. The number of nitrogens with one attached hydrogen (secondary N) is 1. The molecule has 0 saturated heterocycles. The minimum absolute atomic E-state index is 0.267. The summed E-state index contributed by atoms with van der Waals surface area (Å²) in [5.74, 6) is -0.304. The van der Waals surface area contributed by atoms with Gasteiger partial charge in [-0.3, -0.25) is 0 Å². The first-order valence-electron chi connectivity index (χ1n) is 6.21. The maximum atomic E-state index is 13.7. The molecule has 1 atom stereocenters. The molecule has 0 aliphatic heterocycles. The first kappa shape index (κ1) is 14.4. The Morgan fingerprint density at radius 3 is 2.65 bits per heavy atom. The van der Waals surface area contributed by atoms with Gasteiger partial charge in [-0.25, -0.2) is 4.39 Å². The van der Waals surface area contributed by atoms with Crippen LogP contribution in [0.1, 0.15) is 12.5 Å². The van der Waals surface area contributed by atoms with Gasteiger partial charge in [0.2, 0.25) is 0 Å². The second-order valence-corrected chi connectivity index (χ2v) is 5.28. The maximum absolute atomic E-state index is 13.7. The van der Waals surface area contributed by atoms with Crippen molar-refractivity contribution in [1.82, 2.24) is 0 Å². The summed E-state index contributed by atoms with van der Waals surface area (Å²) >= 11 is 5.92. The van der Waals surface area contributed by atoms with Crippen LogP contribution < -0.4 is 5.32 Å². The van der Waals surface area contributed by atoms with E-state index in [-0.39, 0.29) is 12.2 Å². The van der Waals surface area contributed by atoms with Crippen molar-refractivity contribution in [1.29, 1.82) is 5.26 Å². The summed E-state index contributed by atoms with van der Waals surface area (Å²) in [5.41, 5.74) is 0.330. The third-order valence-electron chi connectivity index (χ3n) is 2.99. The summed E-state index contributed by atoms with van der Waals surface area (Å²) in [4.78, 5) is 0. The number of halogens is 2. The summed E-state index contributed by atoms with van der Waals surface area (Å²) in [6.07, 6.45) is 0.267. The molecule has 0 aliphatic carbocycles. The van der Waals surface area contributed by atoms with Crippen molar-refractivity contribution in [3.8, 4) is 6.07 Å².